The predicted molar refractivity (Wildman–Crippen MR) is 63.4 cm³/mol. The molecule has 2 rings (SSSR count). The largest absolute Gasteiger partial charge is 0.393 e. The van der Waals surface area contributed by atoms with E-state index in [0.29, 0.717) is 5.92 Å². The molecule has 4 heteroatoms. The summed E-state index contributed by atoms with van der Waals surface area (Å²) in [5.74, 6) is 1.25. The van der Waals surface area contributed by atoms with E-state index in [1.807, 2.05) is 19.9 Å². The summed E-state index contributed by atoms with van der Waals surface area (Å²) in [6.07, 6.45) is 3.66. The molecule has 0 spiro atoms. The lowest BCUT2D eigenvalue weighted by molar-refractivity contribution is 0.109. The molecule has 0 amide bonds. The van der Waals surface area contributed by atoms with Crippen LogP contribution in [0, 0.1) is 12.8 Å². The summed E-state index contributed by atoms with van der Waals surface area (Å²) in [4.78, 5) is 10.9. The van der Waals surface area contributed by atoms with Gasteiger partial charge in [0.2, 0.25) is 5.95 Å². The Labute approximate surface area is 96.3 Å². The van der Waals surface area contributed by atoms with Gasteiger partial charge in [0.1, 0.15) is 0 Å². The predicted octanol–water partition coefficient (Wildman–Crippen LogP) is 1.38. The van der Waals surface area contributed by atoms with Crippen molar-refractivity contribution in [2.24, 2.45) is 5.92 Å². The van der Waals surface area contributed by atoms with E-state index in [9.17, 15) is 5.11 Å². The first-order valence-electron chi connectivity index (χ1n) is 5.89. The molecular formula is C12H19N3O. The highest BCUT2D eigenvalue weighted by Gasteiger charge is 2.23. The number of aromatic nitrogens is 2. The Bertz CT molecular complexity index is 346. The van der Waals surface area contributed by atoms with Gasteiger partial charge in [-0.1, -0.05) is 0 Å². The standard InChI is InChI=1S/C12H19N3O/c1-9-3-6-13-12(14-9)15-7-4-11(5-8-15)10(2)16/h3,6,10-11,16H,4-5,7-8H2,1-2H3. The summed E-state index contributed by atoms with van der Waals surface area (Å²) in [7, 11) is 0. The van der Waals surface area contributed by atoms with Crippen molar-refractivity contribution in [2.75, 3.05) is 18.0 Å². The number of aryl methyl sites for hydroxylation is 1. The minimum atomic E-state index is -0.194. The van der Waals surface area contributed by atoms with Crippen LogP contribution in [0.2, 0.25) is 0 Å². The molecule has 0 aliphatic carbocycles. The van der Waals surface area contributed by atoms with Crippen molar-refractivity contribution in [1.82, 2.24) is 9.97 Å². The summed E-state index contributed by atoms with van der Waals surface area (Å²) < 4.78 is 0. The van der Waals surface area contributed by atoms with Crippen LogP contribution in [0.5, 0.6) is 0 Å². The van der Waals surface area contributed by atoms with Gasteiger partial charge < -0.3 is 10.0 Å². The fourth-order valence-corrected chi connectivity index (χ4v) is 2.17. The van der Waals surface area contributed by atoms with E-state index in [-0.39, 0.29) is 6.10 Å². The van der Waals surface area contributed by atoms with Gasteiger partial charge in [-0.2, -0.15) is 0 Å². The number of hydrogen-bond donors (Lipinski definition) is 1. The Kier molecular flexibility index (Phi) is 3.39. The maximum atomic E-state index is 9.53. The number of aliphatic hydroxyl groups excluding tert-OH is 1. The minimum absolute atomic E-state index is 0.194. The topological polar surface area (TPSA) is 49.2 Å². The van der Waals surface area contributed by atoms with Crippen molar-refractivity contribution in [3.05, 3.63) is 18.0 Å². The van der Waals surface area contributed by atoms with Crippen LogP contribution >= 0.6 is 0 Å². The Balaban J connectivity index is 1.99. The third kappa shape index (κ3) is 2.50. The number of nitrogens with zero attached hydrogens (tertiary/aromatic N) is 3. The number of anilines is 1. The minimum Gasteiger partial charge on any atom is -0.393 e. The molecule has 0 bridgehead atoms. The fourth-order valence-electron chi connectivity index (χ4n) is 2.17. The Morgan fingerprint density at radius 3 is 2.69 bits per heavy atom. The van der Waals surface area contributed by atoms with Crippen LogP contribution in [0.4, 0.5) is 5.95 Å². The molecule has 2 heterocycles. The highest BCUT2D eigenvalue weighted by Crippen LogP contribution is 2.22. The van der Waals surface area contributed by atoms with Crippen LogP contribution < -0.4 is 4.90 Å². The lowest BCUT2D eigenvalue weighted by Gasteiger charge is -2.33. The molecule has 1 fully saturated rings. The molecule has 0 saturated carbocycles. The maximum Gasteiger partial charge on any atom is 0.225 e. The normalized spacial score (nSPS) is 19.8. The molecule has 1 N–H and O–H groups in total. The highest BCUT2D eigenvalue weighted by molar-refractivity contribution is 5.30. The highest BCUT2D eigenvalue weighted by atomic mass is 16.3. The zero-order valence-electron chi connectivity index (χ0n) is 9.93. The van der Waals surface area contributed by atoms with Crippen LogP contribution in [0.15, 0.2) is 12.3 Å². The number of piperidine rings is 1. The van der Waals surface area contributed by atoms with Crippen molar-refractivity contribution >= 4 is 5.95 Å². The summed E-state index contributed by atoms with van der Waals surface area (Å²) in [6.45, 7) is 5.75. The fraction of sp³-hybridized carbons (Fsp3) is 0.667. The van der Waals surface area contributed by atoms with Crippen molar-refractivity contribution in [3.8, 4) is 0 Å². The van der Waals surface area contributed by atoms with E-state index >= 15 is 0 Å². The van der Waals surface area contributed by atoms with Gasteiger partial charge in [-0.3, -0.25) is 0 Å². The first-order valence-corrected chi connectivity index (χ1v) is 5.89. The lowest BCUT2D eigenvalue weighted by atomic mass is 9.92. The Morgan fingerprint density at radius 1 is 1.44 bits per heavy atom. The molecule has 88 valence electrons. The molecule has 1 aliphatic rings. The second-order valence-corrected chi connectivity index (χ2v) is 4.56. The molecule has 1 aromatic rings. The smallest absolute Gasteiger partial charge is 0.225 e. The maximum absolute atomic E-state index is 9.53. The quantitative estimate of drug-likeness (QED) is 0.819. The Morgan fingerprint density at radius 2 is 2.12 bits per heavy atom. The van der Waals surface area contributed by atoms with Gasteiger partial charge in [0.05, 0.1) is 6.10 Å². The molecule has 1 aromatic heterocycles. The van der Waals surface area contributed by atoms with Crippen molar-refractivity contribution in [2.45, 2.75) is 32.8 Å². The van der Waals surface area contributed by atoms with Crippen LogP contribution in [0.3, 0.4) is 0 Å². The van der Waals surface area contributed by atoms with Crippen LogP contribution in [0.1, 0.15) is 25.5 Å². The van der Waals surface area contributed by atoms with Gasteiger partial charge in [-0.25, -0.2) is 9.97 Å². The zero-order valence-corrected chi connectivity index (χ0v) is 9.93. The molecule has 16 heavy (non-hydrogen) atoms. The van der Waals surface area contributed by atoms with E-state index in [0.717, 1.165) is 37.6 Å². The molecule has 4 nitrogen and oxygen atoms in total. The molecular weight excluding hydrogens is 202 g/mol. The van der Waals surface area contributed by atoms with E-state index in [1.54, 1.807) is 6.20 Å². The molecule has 1 aliphatic heterocycles. The summed E-state index contributed by atoms with van der Waals surface area (Å²) >= 11 is 0. The molecule has 0 aromatic carbocycles. The molecule has 0 radical (unpaired) electrons. The Hall–Kier alpha value is -1.16. The second kappa shape index (κ2) is 4.78. The second-order valence-electron chi connectivity index (χ2n) is 4.56. The van der Waals surface area contributed by atoms with Gasteiger partial charge in [0.15, 0.2) is 0 Å². The number of hydrogen-bond acceptors (Lipinski definition) is 4. The summed E-state index contributed by atoms with van der Waals surface area (Å²) in [5, 5.41) is 9.53. The summed E-state index contributed by atoms with van der Waals surface area (Å²) in [6, 6.07) is 1.91. The van der Waals surface area contributed by atoms with E-state index in [4.69, 9.17) is 0 Å². The first-order chi connectivity index (χ1) is 7.66. The van der Waals surface area contributed by atoms with Gasteiger partial charge in [-0.05, 0) is 38.7 Å². The van der Waals surface area contributed by atoms with Gasteiger partial charge in [0, 0.05) is 25.0 Å². The van der Waals surface area contributed by atoms with E-state index in [1.165, 1.54) is 0 Å². The van der Waals surface area contributed by atoms with Crippen LogP contribution in [0.25, 0.3) is 0 Å². The average Bonchev–Trinajstić information content (AvgIpc) is 2.29. The lowest BCUT2D eigenvalue weighted by Crippen LogP contribution is -2.38. The third-order valence-electron chi connectivity index (χ3n) is 3.29. The zero-order chi connectivity index (χ0) is 11.5. The third-order valence-corrected chi connectivity index (χ3v) is 3.29. The van der Waals surface area contributed by atoms with Crippen molar-refractivity contribution < 1.29 is 5.11 Å². The SMILES string of the molecule is Cc1ccnc(N2CCC(C(C)O)CC2)n1. The van der Waals surface area contributed by atoms with E-state index in [2.05, 4.69) is 14.9 Å². The van der Waals surface area contributed by atoms with Crippen LogP contribution in [-0.4, -0.2) is 34.3 Å². The molecule has 1 saturated heterocycles. The molecule has 1 atom stereocenters. The van der Waals surface area contributed by atoms with Gasteiger partial charge in [-0.15, -0.1) is 0 Å². The van der Waals surface area contributed by atoms with Crippen molar-refractivity contribution in [1.29, 1.82) is 0 Å². The number of rotatable bonds is 2. The van der Waals surface area contributed by atoms with Gasteiger partial charge >= 0.3 is 0 Å². The van der Waals surface area contributed by atoms with Gasteiger partial charge in [0.25, 0.3) is 0 Å². The number of aliphatic hydroxyl groups is 1. The van der Waals surface area contributed by atoms with Crippen LogP contribution in [-0.2, 0) is 0 Å². The monoisotopic (exact) mass is 221 g/mol. The van der Waals surface area contributed by atoms with E-state index < -0.39 is 0 Å². The average molecular weight is 221 g/mol. The molecule has 1 unspecified atom stereocenters. The van der Waals surface area contributed by atoms with Crippen molar-refractivity contribution in [3.63, 3.8) is 0 Å². The summed E-state index contributed by atoms with van der Waals surface area (Å²) in [5.41, 5.74) is 1.00. The first kappa shape index (κ1) is 11.3.